The lowest BCUT2D eigenvalue weighted by atomic mass is 10.1. The minimum Gasteiger partial charge on any atom is -0.444 e. The molecular weight excluding hydrogens is 262 g/mol. The third-order valence-corrected chi connectivity index (χ3v) is 1.94. The zero-order chi connectivity index (χ0) is 16.1. The molecule has 0 saturated carbocycles. The Kier molecular flexibility index (Phi) is 5.99. The van der Waals surface area contributed by atoms with Gasteiger partial charge in [-0.3, -0.25) is 9.59 Å². The van der Waals surface area contributed by atoms with Gasteiger partial charge in [-0.05, 0) is 41.5 Å². The summed E-state index contributed by atoms with van der Waals surface area (Å²) < 4.78 is 5.01. The molecule has 0 aromatic rings. The van der Waals surface area contributed by atoms with E-state index < -0.39 is 29.2 Å². The van der Waals surface area contributed by atoms with Crippen molar-refractivity contribution in [2.45, 2.75) is 65.1 Å². The summed E-state index contributed by atoms with van der Waals surface area (Å²) in [5.74, 6) is -1.17. The van der Waals surface area contributed by atoms with Crippen LogP contribution in [-0.2, 0) is 14.3 Å². The van der Waals surface area contributed by atoms with Gasteiger partial charge in [0.25, 0.3) is 0 Å². The second-order valence-electron chi connectivity index (χ2n) is 6.60. The van der Waals surface area contributed by atoms with Crippen LogP contribution >= 0.6 is 0 Å². The Bertz CT molecular complexity index is 350. The van der Waals surface area contributed by atoms with E-state index in [1.807, 2.05) is 20.8 Å². The maximum Gasteiger partial charge on any atom is 0.408 e. The van der Waals surface area contributed by atoms with Crippen LogP contribution in [0.3, 0.4) is 0 Å². The fraction of sp³-hybridized carbons (Fsp3) is 0.769. The molecule has 0 aliphatic carbocycles. The van der Waals surface area contributed by atoms with Crippen molar-refractivity contribution in [3.8, 4) is 0 Å². The fourth-order valence-corrected chi connectivity index (χ4v) is 1.33. The molecule has 0 aliphatic heterocycles. The van der Waals surface area contributed by atoms with Gasteiger partial charge in [-0.15, -0.1) is 0 Å². The van der Waals surface area contributed by atoms with Crippen LogP contribution in [0.5, 0.6) is 0 Å². The lowest BCUT2D eigenvalue weighted by Gasteiger charge is -2.24. The first-order valence-corrected chi connectivity index (χ1v) is 6.40. The first-order chi connectivity index (χ1) is 8.80. The van der Waals surface area contributed by atoms with Gasteiger partial charge in [-0.25, -0.2) is 4.79 Å². The van der Waals surface area contributed by atoms with E-state index in [-0.39, 0.29) is 12.3 Å². The van der Waals surface area contributed by atoms with Crippen molar-refractivity contribution in [3.05, 3.63) is 0 Å². The molecular formula is C13H25N3O4. The molecule has 0 aliphatic rings. The van der Waals surface area contributed by atoms with Gasteiger partial charge in [0.05, 0.1) is 6.42 Å². The van der Waals surface area contributed by atoms with Gasteiger partial charge in [-0.2, -0.15) is 0 Å². The number of hydrogen-bond donors (Lipinski definition) is 3. The smallest absolute Gasteiger partial charge is 0.408 e. The molecule has 4 N–H and O–H groups in total. The molecule has 0 aromatic carbocycles. The Morgan fingerprint density at radius 2 is 1.60 bits per heavy atom. The lowest BCUT2D eigenvalue weighted by Crippen LogP contribution is -2.50. The normalized spacial score (nSPS) is 13.3. The molecule has 0 fully saturated rings. The highest BCUT2D eigenvalue weighted by atomic mass is 16.6. The number of rotatable bonds is 4. The molecule has 20 heavy (non-hydrogen) atoms. The van der Waals surface area contributed by atoms with Crippen LogP contribution in [0.25, 0.3) is 0 Å². The molecule has 3 amide bonds. The molecule has 1 atom stereocenters. The average Bonchev–Trinajstić information content (AvgIpc) is 2.09. The van der Waals surface area contributed by atoms with Crippen LogP contribution < -0.4 is 16.4 Å². The van der Waals surface area contributed by atoms with Crippen LogP contribution in [0.15, 0.2) is 0 Å². The number of carbonyl (C=O) groups is 3. The molecule has 0 saturated heterocycles. The molecule has 116 valence electrons. The summed E-state index contributed by atoms with van der Waals surface area (Å²) in [7, 11) is 0. The zero-order valence-corrected chi connectivity index (χ0v) is 13.0. The fourth-order valence-electron chi connectivity index (χ4n) is 1.33. The number of nitrogens with two attached hydrogens (primary N) is 1. The molecule has 0 spiro atoms. The number of nitrogens with one attached hydrogen (secondary N) is 2. The van der Waals surface area contributed by atoms with Crippen molar-refractivity contribution in [3.63, 3.8) is 0 Å². The van der Waals surface area contributed by atoms with Crippen molar-refractivity contribution < 1.29 is 19.1 Å². The standard InChI is InChI=1S/C13H25N3O4/c1-12(2,3)16-9(17)7-8(10(14)18)15-11(19)20-13(4,5)6/h8H,7H2,1-6H3,(H2,14,18)(H,15,19)(H,16,17)/t8-/m0/s1. The Hall–Kier alpha value is -1.79. The second kappa shape index (κ2) is 6.58. The van der Waals surface area contributed by atoms with Crippen LogP contribution in [0.2, 0.25) is 0 Å². The number of primary amides is 1. The minimum absolute atomic E-state index is 0.230. The molecule has 0 rings (SSSR count). The number of ether oxygens (including phenoxy) is 1. The van der Waals surface area contributed by atoms with Gasteiger partial charge in [0, 0.05) is 5.54 Å². The van der Waals surface area contributed by atoms with Gasteiger partial charge < -0.3 is 21.1 Å². The van der Waals surface area contributed by atoms with Crippen molar-refractivity contribution in [1.29, 1.82) is 0 Å². The highest BCUT2D eigenvalue weighted by molar-refractivity contribution is 5.90. The monoisotopic (exact) mass is 287 g/mol. The second-order valence-corrected chi connectivity index (χ2v) is 6.60. The zero-order valence-electron chi connectivity index (χ0n) is 13.0. The van der Waals surface area contributed by atoms with Gasteiger partial charge >= 0.3 is 6.09 Å². The van der Waals surface area contributed by atoms with Crippen LogP contribution in [0.1, 0.15) is 48.0 Å². The maximum atomic E-state index is 11.7. The largest absolute Gasteiger partial charge is 0.444 e. The number of hydrogen-bond acceptors (Lipinski definition) is 4. The number of carbonyl (C=O) groups excluding carboxylic acids is 3. The highest BCUT2D eigenvalue weighted by Crippen LogP contribution is 2.07. The van der Waals surface area contributed by atoms with Crippen LogP contribution in [0, 0.1) is 0 Å². The summed E-state index contributed by atoms with van der Waals surface area (Å²) >= 11 is 0. The third-order valence-electron chi connectivity index (χ3n) is 1.94. The SMILES string of the molecule is CC(C)(C)NC(=O)C[C@H](NC(=O)OC(C)(C)C)C(N)=O. The summed E-state index contributed by atoms with van der Waals surface area (Å²) in [5, 5.41) is 4.98. The quantitative estimate of drug-likeness (QED) is 0.705. The lowest BCUT2D eigenvalue weighted by molar-refractivity contribution is -0.127. The van der Waals surface area contributed by atoms with E-state index in [9.17, 15) is 14.4 Å². The molecule has 0 aromatic heterocycles. The summed E-state index contributed by atoms with van der Waals surface area (Å²) in [6.07, 6.45) is -1.02. The number of amides is 3. The average molecular weight is 287 g/mol. The summed E-state index contributed by atoms with van der Waals surface area (Å²) in [6, 6.07) is -1.10. The van der Waals surface area contributed by atoms with Gasteiger partial charge in [0.15, 0.2) is 0 Å². The molecule has 0 unspecified atom stereocenters. The highest BCUT2D eigenvalue weighted by Gasteiger charge is 2.26. The molecule has 0 heterocycles. The van der Waals surface area contributed by atoms with E-state index in [2.05, 4.69) is 10.6 Å². The molecule has 7 nitrogen and oxygen atoms in total. The number of alkyl carbamates (subject to hydrolysis) is 1. The Labute approximate surface area is 119 Å². The van der Waals surface area contributed by atoms with Crippen LogP contribution in [0.4, 0.5) is 4.79 Å². The third kappa shape index (κ3) is 9.18. The Morgan fingerprint density at radius 3 is 1.95 bits per heavy atom. The maximum absolute atomic E-state index is 11.7. The van der Waals surface area contributed by atoms with Crippen molar-refractivity contribution in [2.75, 3.05) is 0 Å². The van der Waals surface area contributed by atoms with E-state index in [0.29, 0.717) is 0 Å². The molecule has 7 heteroatoms. The summed E-state index contributed by atoms with van der Waals surface area (Å²) in [6.45, 7) is 10.5. The van der Waals surface area contributed by atoms with Gasteiger partial charge in [-0.1, -0.05) is 0 Å². The summed E-state index contributed by atoms with van der Waals surface area (Å²) in [5.41, 5.74) is 4.05. The van der Waals surface area contributed by atoms with E-state index in [1.165, 1.54) is 0 Å². The Morgan fingerprint density at radius 1 is 1.10 bits per heavy atom. The van der Waals surface area contributed by atoms with E-state index in [0.717, 1.165) is 0 Å². The van der Waals surface area contributed by atoms with Crippen molar-refractivity contribution in [2.24, 2.45) is 5.73 Å². The first-order valence-electron chi connectivity index (χ1n) is 6.40. The molecule has 0 bridgehead atoms. The topological polar surface area (TPSA) is 111 Å². The molecule has 0 radical (unpaired) electrons. The minimum atomic E-state index is -1.10. The first kappa shape index (κ1) is 18.2. The predicted molar refractivity (Wildman–Crippen MR) is 74.9 cm³/mol. The van der Waals surface area contributed by atoms with Crippen LogP contribution in [-0.4, -0.2) is 35.1 Å². The summed E-state index contributed by atoms with van der Waals surface area (Å²) in [4.78, 5) is 34.6. The predicted octanol–water partition coefficient (Wildman–Crippen LogP) is 0.670. The van der Waals surface area contributed by atoms with E-state index >= 15 is 0 Å². The van der Waals surface area contributed by atoms with Crippen molar-refractivity contribution in [1.82, 2.24) is 10.6 Å². The van der Waals surface area contributed by atoms with E-state index in [1.54, 1.807) is 20.8 Å². The Balaban J connectivity index is 4.56. The van der Waals surface area contributed by atoms with Gasteiger partial charge in [0.1, 0.15) is 11.6 Å². The van der Waals surface area contributed by atoms with Gasteiger partial charge in [0.2, 0.25) is 11.8 Å². The van der Waals surface area contributed by atoms with Crippen molar-refractivity contribution >= 4 is 17.9 Å². The van der Waals surface area contributed by atoms with E-state index in [4.69, 9.17) is 10.5 Å².